The van der Waals surface area contributed by atoms with Crippen LogP contribution >= 0.6 is 0 Å². The van der Waals surface area contributed by atoms with Gasteiger partial charge in [-0.25, -0.2) is 4.79 Å². The highest BCUT2D eigenvalue weighted by molar-refractivity contribution is 5.86. The van der Waals surface area contributed by atoms with E-state index in [-0.39, 0.29) is 0 Å². The average Bonchev–Trinajstić information content (AvgIpc) is 2.21. The first-order valence-corrected chi connectivity index (χ1v) is 6.14. The lowest BCUT2D eigenvalue weighted by molar-refractivity contribution is -0.132. The van der Waals surface area contributed by atoms with E-state index in [9.17, 15) is 4.79 Å². The molecule has 0 saturated carbocycles. The van der Waals surface area contributed by atoms with Crippen LogP contribution in [0.4, 0.5) is 0 Å². The van der Waals surface area contributed by atoms with Gasteiger partial charge in [-0.05, 0) is 19.3 Å². The molecule has 0 amide bonds. The number of unbranched alkanes of at least 4 members (excludes halogenated alkanes) is 6. The highest BCUT2D eigenvalue weighted by Gasteiger charge is 2.02. The molecule has 0 heterocycles. The summed E-state index contributed by atoms with van der Waals surface area (Å²) in [6.45, 7) is 4.10. The molecule has 0 bridgehead atoms. The Hall–Kier alpha value is -0.790. The van der Waals surface area contributed by atoms with Gasteiger partial charge in [-0.3, -0.25) is 0 Å². The first-order valence-electron chi connectivity index (χ1n) is 6.14. The van der Waals surface area contributed by atoms with Gasteiger partial charge < -0.3 is 5.11 Å². The van der Waals surface area contributed by atoms with E-state index in [1.807, 2.05) is 13.0 Å². The summed E-state index contributed by atoms with van der Waals surface area (Å²) in [5.41, 5.74) is 0.559. The Labute approximate surface area is 93.4 Å². The van der Waals surface area contributed by atoms with Crippen molar-refractivity contribution in [2.75, 3.05) is 0 Å². The lowest BCUT2D eigenvalue weighted by Gasteiger charge is -1.99. The van der Waals surface area contributed by atoms with Crippen LogP contribution in [0.15, 0.2) is 11.6 Å². The second-order valence-corrected chi connectivity index (χ2v) is 3.94. The molecule has 2 nitrogen and oxygen atoms in total. The van der Waals surface area contributed by atoms with E-state index in [2.05, 4.69) is 6.92 Å². The molecule has 0 unspecified atom stereocenters. The molecular weight excluding hydrogens is 188 g/mol. The third kappa shape index (κ3) is 8.22. The third-order valence-corrected chi connectivity index (χ3v) is 2.60. The number of aliphatic carboxylic acids is 1. The highest BCUT2D eigenvalue weighted by Crippen LogP contribution is 2.09. The molecule has 0 aromatic rings. The van der Waals surface area contributed by atoms with Crippen molar-refractivity contribution in [1.82, 2.24) is 0 Å². The minimum Gasteiger partial charge on any atom is -0.478 e. The van der Waals surface area contributed by atoms with Crippen LogP contribution in [-0.2, 0) is 4.79 Å². The molecule has 0 aliphatic heterocycles. The lowest BCUT2D eigenvalue weighted by atomic mass is 10.1. The molecule has 0 aliphatic rings. The molecule has 0 aromatic heterocycles. The summed E-state index contributed by atoms with van der Waals surface area (Å²) in [7, 11) is 0. The van der Waals surface area contributed by atoms with E-state index in [1.54, 1.807) is 0 Å². The van der Waals surface area contributed by atoms with Crippen LogP contribution in [0.2, 0.25) is 0 Å². The van der Waals surface area contributed by atoms with Gasteiger partial charge in [0.15, 0.2) is 0 Å². The fraction of sp³-hybridized carbons (Fsp3) is 0.769. The molecule has 0 rings (SSSR count). The molecule has 0 radical (unpaired) electrons. The molecule has 2 heteroatoms. The van der Waals surface area contributed by atoms with Crippen molar-refractivity contribution in [3.8, 4) is 0 Å². The monoisotopic (exact) mass is 212 g/mol. The summed E-state index contributed by atoms with van der Waals surface area (Å²) >= 11 is 0. The smallest absolute Gasteiger partial charge is 0.331 e. The summed E-state index contributed by atoms with van der Waals surface area (Å²) in [6.07, 6.45) is 11.0. The van der Waals surface area contributed by atoms with Gasteiger partial charge in [-0.15, -0.1) is 0 Å². The summed E-state index contributed by atoms with van der Waals surface area (Å²) in [4.78, 5) is 10.7. The number of hydrogen-bond donors (Lipinski definition) is 1. The largest absolute Gasteiger partial charge is 0.478 e. The first-order chi connectivity index (χ1) is 7.22. The fourth-order valence-corrected chi connectivity index (χ4v) is 1.58. The summed E-state index contributed by atoms with van der Waals surface area (Å²) in [5, 5.41) is 8.78. The van der Waals surface area contributed by atoms with E-state index in [4.69, 9.17) is 5.11 Å². The normalized spacial score (nSPS) is 11.7. The fourth-order valence-electron chi connectivity index (χ4n) is 1.58. The van der Waals surface area contributed by atoms with Crippen molar-refractivity contribution in [2.45, 2.75) is 65.2 Å². The van der Waals surface area contributed by atoms with Crippen LogP contribution in [0, 0.1) is 0 Å². The van der Waals surface area contributed by atoms with Gasteiger partial charge in [0.05, 0.1) is 0 Å². The maximum Gasteiger partial charge on any atom is 0.331 e. The first kappa shape index (κ1) is 14.2. The quantitative estimate of drug-likeness (QED) is 0.460. The maximum absolute atomic E-state index is 10.7. The van der Waals surface area contributed by atoms with Crippen molar-refractivity contribution in [3.05, 3.63) is 11.6 Å². The Morgan fingerprint density at radius 2 is 1.67 bits per heavy atom. The number of carboxylic acids is 1. The standard InChI is InChI=1S/C13H24O2/c1-3-5-6-7-8-9-10-11-12(4-2)13(14)15/h11H,3-10H2,1-2H3,(H,14,15). The Balaban J connectivity index is 3.46. The number of allylic oxidation sites excluding steroid dienone is 1. The second kappa shape index (κ2) is 9.75. The molecule has 0 spiro atoms. The second-order valence-electron chi connectivity index (χ2n) is 3.94. The number of rotatable bonds is 9. The Kier molecular flexibility index (Phi) is 9.24. The van der Waals surface area contributed by atoms with Crippen molar-refractivity contribution >= 4 is 5.97 Å². The minimum absolute atomic E-state index is 0.559. The highest BCUT2D eigenvalue weighted by atomic mass is 16.4. The summed E-state index contributed by atoms with van der Waals surface area (Å²) in [6, 6.07) is 0. The maximum atomic E-state index is 10.7. The predicted octanol–water partition coefficient (Wildman–Crippen LogP) is 4.16. The van der Waals surface area contributed by atoms with Gasteiger partial charge >= 0.3 is 5.97 Å². The number of hydrogen-bond acceptors (Lipinski definition) is 1. The van der Waals surface area contributed by atoms with Gasteiger partial charge in [-0.2, -0.15) is 0 Å². The van der Waals surface area contributed by atoms with Gasteiger partial charge in [0.2, 0.25) is 0 Å². The molecule has 15 heavy (non-hydrogen) atoms. The molecule has 0 fully saturated rings. The molecule has 0 aliphatic carbocycles. The minimum atomic E-state index is -0.761. The van der Waals surface area contributed by atoms with Crippen LogP contribution in [0.5, 0.6) is 0 Å². The molecular formula is C13H24O2. The zero-order valence-electron chi connectivity index (χ0n) is 10.1. The Morgan fingerprint density at radius 3 is 2.20 bits per heavy atom. The van der Waals surface area contributed by atoms with Crippen molar-refractivity contribution < 1.29 is 9.90 Å². The zero-order chi connectivity index (χ0) is 11.5. The number of carbonyl (C=O) groups is 1. The van der Waals surface area contributed by atoms with Crippen LogP contribution in [0.3, 0.4) is 0 Å². The molecule has 0 aromatic carbocycles. The van der Waals surface area contributed by atoms with Gasteiger partial charge in [-0.1, -0.05) is 52.0 Å². The number of carboxylic acid groups (broad SMARTS) is 1. The Morgan fingerprint density at radius 1 is 1.07 bits per heavy atom. The average molecular weight is 212 g/mol. The van der Waals surface area contributed by atoms with Crippen LogP contribution < -0.4 is 0 Å². The molecule has 1 N–H and O–H groups in total. The van der Waals surface area contributed by atoms with Gasteiger partial charge in [0, 0.05) is 5.57 Å². The predicted molar refractivity (Wildman–Crippen MR) is 64.0 cm³/mol. The third-order valence-electron chi connectivity index (χ3n) is 2.60. The van der Waals surface area contributed by atoms with E-state index in [0.29, 0.717) is 12.0 Å². The van der Waals surface area contributed by atoms with Crippen LogP contribution in [-0.4, -0.2) is 11.1 Å². The summed E-state index contributed by atoms with van der Waals surface area (Å²) in [5.74, 6) is -0.761. The Bertz CT molecular complexity index is 195. The van der Waals surface area contributed by atoms with E-state index < -0.39 is 5.97 Å². The van der Waals surface area contributed by atoms with Gasteiger partial charge in [0.25, 0.3) is 0 Å². The summed E-state index contributed by atoms with van der Waals surface area (Å²) < 4.78 is 0. The van der Waals surface area contributed by atoms with Crippen molar-refractivity contribution in [3.63, 3.8) is 0 Å². The van der Waals surface area contributed by atoms with E-state index >= 15 is 0 Å². The van der Waals surface area contributed by atoms with E-state index in [0.717, 1.165) is 12.8 Å². The van der Waals surface area contributed by atoms with Crippen LogP contribution in [0.1, 0.15) is 65.2 Å². The zero-order valence-corrected chi connectivity index (χ0v) is 10.1. The molecule has 0 saturated heterocycles. The van der Waals surface area contributed by atoms with Crippen molar-refractivity contribution in [2.24, 2.45) is 0 Å². The topological polar surface area (TPSA) is 37.3 Å². The lowest BCUT2D eigenvalue weighted by Crippen LogP contribution is -1.98. The molecule has 88 valence electrons. The van der Waals surface area contributed by atoms with Crippen LogP contribution in [0.25, 0.3) is 0 Å². The molecule has 0 atom stereocenters. The van der Waals surface area contributed by atoms with E-state index in [1.165, 1.54) is 32.1 Å². The van der Waals surface area contributed by atoms with Crippen molar-refractivity contribution in [1.29, 1.82) is 0 Å². The SMILES string of the molecule is CCCCCCCCC=C(CC)C(=O)O. The van der Waals surface area contributed by atoms with Gasteiger partial charge in [0.1, 0.15) is 0 Å².